The monoisotopic (exact) mass is 429 g/mol. The molecule has 0 spiro atoms. The van der Waals surface area contributed by atoms with Crippen LogP contribution in [0.3, 0.4) is 0 Å². The van der Waals surface area contributed by atoms with E-state index >= 15 is 0 Å². The van der Waals surface area contributed by atoms with Crippen molar-refractivity contribution in [1.29, 1.82) is 0 Å². The van der Waals surface area contributed by atoms with Crippen LogP contribution in [-0.4, -0.2) is 36.7 Å². The summed E-state index contributed by atoms with van der Waals surface area (Å²) in [6.45, 7) is 1.06. The van der Waals surface area contributed by atoms with E-state index in [4.69, 9.17) is 9.47 Å². The average molecular weight is 430 g/mol. The normalized spacial score (nSPS) is 10.7. The van der Waals surface area contributed by atoms with Crippen LogP contribution in [0.15, 0.2) is 79.0 Å². The lowest BCUT2D eigenvalue weighted by Gasteiger charge is -2.23. The fraction of sp³-hybridized carbons (Fsp3) is 0.192. The Balaban J connectivity index is 1.53. The molecule has 0 aliphatic carbocycles. The van der Waals surface area contributed by atoms with Gasteiger partial charge in [0, 0.05) is 35.9 Å². The predicted octanol–water partition coefficient (Wildman–Crippen LogP) is 5.46. The minimum atomic E-state index is -0.135. The SMILES string of the molecule is COc1ccc(CN(CCc2c[nH]c3ccc(OC)cc23)C(=O)Nc2ccccc2)cc1. The number of methoxy groups -OCH3 is 2. The van der Waals surface area contributed by atoms with Crippen LogP contribution in [0, 0.1) is 0 Å². The second-order valence-corrected chi connectivity index (χ2v) is 7.54. The number of carbonyl (C=O) groups excluding carboxylic acids is 1. The topological polar surface area (TPSA) is 66.6 Å². The fourth-order valence-corrected chi connectivity index (χ4v) is 3.67. The first-order valence-corrected chi connectivity index (χ1v) is 10.5. The van der Waals surface area contributed by atoms with Crippen LogP contribution in [0.25, 0.3) is 10.9 Å². The summed E-state index contributed by atoms with van der Waals surface area (Å²) in [5.41, 5.74) is 4.01. The van der Waals surface area contributed by atoms with Gasteiger partial charge in [-0.3, -0.25) is 0 Å². The number of rotatable bonds is 8. The molecule has 0 radical (unpaired) electrons. The van der Waals surface area contributed by atoms with Crippen LogP contribution in [0.1, 0.15) is 11.1 Å². The number of amides is 2. The Bertz CT molecular complexity index is 1170. The summed E-state index contributed by atoms with van der Waals surface area (Å²) in [5.74, 6) is 1.61. The number of ether oxygens (including phenoxy) is 2. The summed E-state index contributed by atoms with van der Waals surface area (Å²) in [6, 6.07) is 23.1. The first kappa shape index (κ1) is 21.3. The highest BCUT2D eigenvalue weighted by atomic mass is 16.5. The number of fused-ring (bicyclic) bond motifs is 1. The first-order valence-electron chi connectivity index (χ1n) is 10.5. The first-order chi connectivity index (χ1) is 15.7. The van der Waals surface area contributed by atoms with Crippen LogP contribution < -0.4 is 14.8 Å². The number of nitrogens with one attached hydrogen (secondary N) is 2. The molecule has 0 atom stereocenters. The van der Waals surface area contributed by atoms with Crippen LogP contribution >= 0.6 is 0 Å². The van der Waals surface area contributed by atoms with Crippen molar-refractivity contribution >= 4 is 22.6 Å². The van der Waals surface area contributed by atoms with E-state index in [2.05, 4.69) is 10.3 Å². The molecule has 164 valence electrons. The molecule has 0 saturated heterocycles. The number of aromatic amines is 1. The number of para-hydroxylation sites is 1. The molecular formula is C26H27N3O3. The standard InChI is InChI=1S/C26H27N3O3/c1-31-22-10-8-19(9-11-22)18-29(26(30)28-21-6-4-3-5-7-21)15-14-20-17-27-25-13-12-23(32-2)16-24(20)25/h3-13,16-17,27H,14-15,18H2,1-2H3,(H,28,30). The van der Waals surface area contributed by atoms with E-state index in [1.54, 1.807) is 14.2 Å². The van der Waals surface area contributed by atoms with Gasteiger partial charge in [-0.2, -0.15) is 0 Å². The summed E-state index contributed by atoms with van der Waals surface area (Å²) in [6.07, 6.45) is 2.72. The van der Waals surface area contributed by atoms with Crippen molar-refractivity contribution in [3.05, 3.63) is 90.1 Å². The third kappa shape index (κ3) is 5.03. The van der Waals surface area contributed by atoms with E-state index < -0.39 is 0 Å². The van der Waals surface area contributed by atoms with Gasteiger partial charge in [0.2, 0.25) is 0 Å². The molecule has 32 heavy (non-hydrogen) atoms. The van der Waals surface area contributed by atoms with Gasteiger partial charge in [-0.15, -0.1) is 0 Å². The Morgan fingerprint density at radius 1 is 0.938 bits per heavy atom. The third-order valence-electron chi connectivity index (χ3n) is 5.47. The van der Waals surface area contributed by atoms with Gasteiger partial charge in [0.05, 0.1) is 14.2 Å². The molecule has 0 bridgehead atoms. The van der Waals surface area contributed by atoms with E-state index in [0.717, 1.165) is 39.2 Å². The zero-order valence-electron chi connectivity index (χ0n) is 18.3. The highest BCUT2D eigenvalue weighted by molar-refractivity contribution is 5.89. The number of aromatic nitrogens is 1. The Morgan fingerprint density at radius 2 is 1.66 bits per heavy atom. The van der Waals surface area contributed by atoms with Gasteiger partial charge >= 0.3 is 6.03 Å². The van der Waals surface area contributed by atoms with Crippen molar-refractivity contribution < 1.29 is 14.3 Å². The number of carbonyl (C=O) groups is 1. The average Bonchev–Trinajstić information content (AvgIpc) is 3.24. The Labute approximate surface area is 187 Å². The summed E-state index contributed by atoms with van der Waals surface area (Å²) in [4.78, 5) is 18.3. The summed E-state index contributed by atoms with van der Waals surface area (Å²) < 4.78 is 10.6. The van der Waals surface area contributed by atoms with Crippen molar-refractivity contribution in [2.45, 2.75) is 13.0 Å². The van der Waals surface area contributed by atoms with Gasteiger partial charge in [-0.05, 0) is 60.0 Å². The van der Waals surface area contributed by atoms with Crippen molar-refractivity contribution in [2.75, 3.05) is 26.1 Å². The van der Waals surface area contributed by atoms with Crippen molar-refractivity contribution in [2.24, 2.45) is 0 Å². The van der Waals surface area contributed by atoms with Crippen LogP contribution in [0.4, 0.5) is 10.5 Å². The van der Waals surface area contributed by atoms with Crippen LogP contribution in [0.2, 0.25) is 0 Å². The molecule has 0 aliphatic rings. The molecular weight excluding hydrogens is 402 g/mol. The van der Waals surface area contributed by atoms with E-state index in [-0.39, 0.29) is 6.03 Å². The zero-order chi connectivity index (χ0) is 22.3. The van der Waals surface area contributed by atoms with E-state index in [0.29, 0.717) is 19.5 Å². The maximum atomic E-state index is 13.1. The molecule has 1 heterocycles. The smallest absolute Gasteiger partial charge is 0.322 e. The van der Waals surface area contributed by atoms with Gasteiger partial charge in [0.25, 0.3) is 0 Å². The van der Waals surface area contributed by atoms with Gasteiger partial charge < -0.3 is 24.7 Å². The molecule has 0 saturated carbocycles. The van der Waals surface area contributed by atoms with Gasteiger partial charge in [0.15, 0.2) is 0 Å². The summed E-state index contributed by atoms with van der Waals surface area (Å²) >= 11 is 0. The molecule has 4 aromatic rings. The van der Waals surface area contributed by atoms with Crippen LogP contribution in [0.5, 0.6) is 11.5 Å². The maximum Gasteiger partial charge on any atom is 0.322 e. The number of urea groups is 1. The molecule has 6 nitrogen and oxygen atoms in total. The number of benzene rings is 3. The molecule has 0 fully saturated rings. The fourth-order valence-electron chi connectivity index (χ4n) is 3.67. The lowest BCUT2D eigenvalue weighted by Crippen LogP contribution is -2.36. The van der Waals surface area contributed by atoms with E-state index in [9.17, 15) is 4.79 Å². The Morgan fingerprint density at radius 3 is 2.38 bits per heavy atom. The number of anilines is 1. The predicted molar refractivity (Wildman–Crippen MR) is 127 cm³/mol. The minimum absolute atomic E-state index is 0.135. The summed E-state index contributed by atoms with van der Waals surface area (Å²) in [7, 11) is 3.31. The quantitative estimate of drug-likeness (QED) is 0.391. The van der Waals surface area contributed by atoms with Crippen molar-refractivity contribution in [3.63, 3.8) is 0 Å². The highest BCUT2D eigenvalue weighted by Gasteiger charge is 2.16. The lowest BCUT2D eigenvalue weighted by molar-refractivity contribution is 0.210. The number of hydrogen-bond acceptors (Lipinski definition) is 3. The molecule has 2 N–H and O–H groups in total. The van der Waals surface area contributed by atoms with Gasteiger partial charge in [0.1, 0.15) is 11.5 Å². The van der Waals surface area contributed by atoms with Crippen molar-refractivity contribution in [1.82, 2.24) is 9.88 Å². The van der Waals surface area contributed by atoms with E-state index in [1.165, 1.54) is 0 Å². The molecule has 0 aliphatic heterocycles. The molecule has 0 unspecified atom stereocenters. The maximum absolute atomic E-state index is 13.1. The minimum Gasteiger partial charge on any atom is -0.497 e. The van der Waals surface area contributed by atoms with Gasteiger partial charge in [-0.25, -0.2) is 4.79 Å². The number of H-pyrrole nitrogens is 1. The lowest BCUT2D eigenvalue weighted by atomic mass is 10.1. The van der Waals surface area contributed by atoms with Crippen molar-refractivity contribution in [3.8, 4) is 11.5 Å². The summed E-state index contributed by atoms with van der Waals surface area (Å²) in [5, 5.41) is 4.11. The second-order valence-electron chi connectivity index (χ2n) is 7.54. The molecule has 6 heteroatoms. The molecule has 4 rings (SSSR count). The van der Waals surface area contributed by atoms with Crippen LogP contribution in [-0.2, 0) is 13.0 Å². The molecule has 2 amide bonds. The largest absolute Gasteiger partial charge is 0.497 e. The third-order valence-corrected chi connectivity index (χ3v) is 5.47. The van der Waals surface area contributed by atoms with Gasteiger partial charge in [-0.1, -0.05) is 30.3 Å². The molecule has 1 aromatic heterocycles. The van der Waals surface area contributed by atoms with E-state index in [1.807, 2.05) is 83.9 Å². The second kappa shape index (κ2) is 9.92. The zero-order valence-corrected chi connectivity index (χ0v) is 18.3. The number of hydrogen-bond donors (Lipinski definition) is 2. The Hall–Kier alpha value is -3.93. The molecule has 3 aromatic carbocycles. The highest BCUT2D eigenvalue weighted by Crippen LogP contribution is 2.24. The number of nitrogens with zero attached hydrogens (tertiary/aromatic N) is 1. The Kier molecular flexibility index (Phi) is 6.60.